The van der Waals surface area contributed by atoms with Gasteiger partial charge in [-0.05, 0) is 43.2 Å². The fourth-order valence-corrected chi connectivity index (χ4v) is 5.55. The summed E-state index contributed by atoms with van der Waals surface area (Å²) in [6.07, 6.45) is 1.96. The molecular formula is C22H25ClN2O6S. The Morgan fingerprint density at radius 3 is 2.69 bits per heavy atom. The molecule has 10 heteroatoms. The lowest BCUT2D eigenvalue weighted by Gasteiger charge is -2.26. The summed E-state index contributed by atoms with van der Waals surface area (Å²) in [5.41, 5.74) is 0.665. The number of anilines is 1. The highest BCUT2D eigenvalue weighted by atomic mass is 35.5. The Morgan fingerprint density at radius 2 is 1.94 bits per heavy atom. The normalized spacial score (nSPS) is 19.6. The third kappa shape index (κ3) is 5.24. The second-order valence-electron chi connectivity index (χ2n) is 7.56. The zero-order chi connectivity index (χ0) is 22.6. The highest BCUT2D eigenvalue weighted by Gasteiger charge is 2.29. The third-order valence-electron chi connectivity index (χ3n) is 5.36. The number of hydrogen-bond donors (Lipinski definition) is 1. The maximum atomic E-state index is 13.0. The predicted octanol–water partition coefficient (Wildman–Crippen LogP) is 3.17. The van der Waals surface area contributed by atoms with Crippen LogP contribution in [0.15, 0.2) is 47.4 Å². The molecule has 8 nitrogen and oxygen atoms in total. The van der Waals surface area contributed by atoms with Crippen molar-refractivity contribution < 1.29 is 27.4 Å². The van der Waals surface area contributed by atoms with Crippen LogP contribution in [0.2, 0.25) is 5.02 Å². The Morgan fingerprint density at radius 1 is 1.16 bits per heavy atom. The quantitative estimate of drug-likeness (QED) is 0.654. The van der Waals surface area contributed by atoms with Crippen molar-refractivity contribution in [1.29, 1.82) is 0 Å². The Hall–Kier alpha value is -2.17. The number of amides is 1. The largest absolute Gasteiger partial charge is 0.490 e. The van der Waals surface area contributed by atoms with Gasteiger partial charge in [0.15, 0.2) is 0 Å². The number of hydrogen-bond acceptors (Lipinski definition) is 6. The van der Waals surface area contributed by atoms with E-state index in [4.69, 9.17) is 25.8 Å². The number of halogens is 1. The highest BCUT2D eigenvalue weighted by Crippen LogP contribution is 2.29. The van der Waals surface area contributed by atoms with Gasteiger partial charge < -0.3 is 19.5 Å². The van der Waals surface area contributed by atoms with Crippen molar-refractivity contribution in [2.75, 3.05) is 44.8 Å². The molecule has 2 aliphatic heterocycles. The smallest absolute Gasteiger partial charge is 0.259 e. The van der Waals surface area contributed by atoms with E-state index in [1.54, 1.807) is 30.3 Å². The molecule has 4 rings (SSSR count). The molecule has 2 heterocycles. The Balaban J connectivity index is 1.51. The van der Waals surface area contributed by atoms with Gasteiger partial charge in [-0.25, -0.2) is 8.42 Å². The molecule has 2 aromatic rings. The first-order valence-electron chi connectivity index (χ1n) is 10.5. The molecule has 0 aliphatic carbocycles. The van der Waals surface area contributed by atoms with E-state index in [0.717, 1.165) is 19.4 Å². The van der Waals surface area contributed by atoms with Gasteiger partial charge in [0.25, 0.3) is 5.91 Å². The summed E-state index contributed by atoms with van der Waals surface area (Å²) < 4.78 is 44.0. The van der Waals surface area contributed by atoms with Gasteiger partial charge in [0.05, 0.1) is 29.9 Å². The fraction of sp³-hybridized carbons (Fsp3) is 0.409. The molecule has 0 spiro atoms. The van der Waals surface area contributed by atoms with Crippen LogP contribution in [0, 0.1) is 0 Å². The second-order valence-corrected chi connectivity index (χ2v) is 9.87. The third-order valence-corrected chi connectivity index (χ3v) is 7.74. The molecule has 172 valence electrons. The van der Waals surface area contributed by atoms with Crippen LogP contribution in [0.4, 0.5) is 5.69 Å². The molecule has 0 saturated carbocycles. The number of rotatable bonds is 7. The molecule has 1 N–H and O–H groups in total. The number of sulfonamides is 1. The number of morpholine rings is 1. The van der Waals surface area contributed by atoms with Gasteiger partial charge in [0.2, 0.25) is 10.0 Å². The lowest BCUT2D eigenvalue weighted by molar-refractivity contribution is 0.0673. The lowest BCUT2D eigenvalue weighted by Crippen LogP contribution is -2.40. The minimum Gasteiger partial charge on any atom is -0.490 e. The molecule has 2 aliphatic rings. The molecular weight excluding hydrogens is 456 g/mol. The number of ether oxygens (including phenoxy) is 3. The summed E-state index contributed by atoms with van der Waals surface area (Å²) in [5, 5.41) is 2.85. The SMILES string of the molecule is O=C(Nc1ccc(Cl)c(S(=O)(=O)N2CCOCC2)c1)c1ccccc1OCC1CCCO1. The minimum absolute atomic E-state index is 0.0235. The molecule has 2 saturated heterocycles. The van der Waals surface area contributed by atoms with Crippen LogP contribution in [0.3, 0.4) is 0 Å². The molecule has 2 fully saturated rings. The van der Waals surface area contributed by atoms with E-state index < -0.39 is 15.9 Å². The summed E-state index contributed by atoms with van der Waals surface area (Å²) >= 11 is 6.20. The van der Waals surface area contributed by atoms with Crippen LogP contribution in [0.1, 0.15) is 23.2 Å². The summed E-state index contributed by atoms with van der Waals surface area (Å²) in [7, 11) is -3.81. The van der Waals surface area contributed by atoms with Crippen LogP contribution in [0.25, 0.3) is 0 Å². The summed E-state index contributed by atoms with van der Waals surface area (Å²) in [6.45, 7) is 2.26. The van der Waals surface area contributed by atoms with E-state index >= 15 is 0 Å². The monoisotopic (exact) mass is 480 g/mol. The molecule has 2 aromatic carbocycles. The predicted molar refractivity (Wildman–Crippen MR) is 120 cm³/mol. The first-order chi connectivity index (χ1) is 15.4. The summed E-state index contributed by atoms with van der Waals surface area (Å²) in [4.78, 5) is 12.9. The maximum absolute atomic E-state index is 13.0. The molecule has 32 heavy (non-hydrogen) atoms. The van der Waals surface area contributed by atoms with Crippen molar-refractivity contribution in [3.63, 3.8) is 0 Å². The van der Waals surface area contributed by atoms with Crippen LogP contribution in [0.5, 0.6) is 5.75 Å². The summed E-state index contributed by atoms with van der Waals surface area (Å²) in [6, 6.07) is 11.3. The van der Waals surface area contributed by atoms with Gasteiger partial charge in [-0.15, -0.1) is 0 Å². The van der Waals surface area contributed by atoms with E-state index in [0.29, 0.717) is 36.8 Å². The first-order valence-corrected chi connectivity index (χ1v) is 12.3. The van der Waals surface area contributed by atoms with E-state index in [2.05, 4.69) is 5.32 Å². The van der Waals surface area contributed by atoms with Crippen molar-refractivity contribution in [2.24, 2.45) is 0 Å². The first kappa shape index (κ1) is 23.0. The Kier molecular flexibility index (Phi) is 7.32. The van der Waals surface area contributed by atoms with Gasteiger partial charge in [0, 0.05) is 25.4 Å². The molecule has 0 radical (unpaired) electrons. The van der Waals surface area contributed by atoms with Gasteiger partial charge >= 0.3 is 0 Å². The number of carbonyl (C=O) groups excluding carboxylic acids is 1. The topological polar surface area (TPSA) is 94.2 Å². The van der Waals surface area contributed by atoms with Crippen molar-refractivity contribution in [2.45, 2.75) is 23.8 Å². The van der Waals surface area contributed by atoms with Crippen molar-refractivity contribution in [1.82, 2.24) is 4.31 Å². The second kappa shape index (κ2) is 10.2. The number of carbonyl (C=O) groups is 1. The molecule has 0 bridgehead atoms. The van der Waals surface area contributed by atoms with E-state index in [-0.39, 0.29) is 29.1 Å². The van der Waals surface area contributed by atoms with E-state index in [1.165, 1.54) is 16.4 Å². The van der Waals surface area contributed by atoms with Crippen LogP contribution in [-0.2, 0) is 19.5 Å². The molecule has 0 aromatic heterocycles. The van der Waals surface area contributed by atoms with Crippen molar-refractivity contribution >= 4 is 33.2 Å². The minimum atomic E-state index is -3.81. The van der Waals surface area contributed by atoms with E-state index in [9.17, 15) is 13.2 Å². The van der Waals surface area contributed by atoms with Crippen molar-refractivity contribution in [3.05, 3.63) is 53.1 Å². The zero-order valence-electron chi connectivity index (χ0n) is 17.5. The number of nitrogens with zero attached hydrogens (tertiary/aromatic N) is 1. The number of benzene rings is 2. The maximum Gasteiger partial charge on any atom is 0.259 e. The molecule has 1 amide bonds. The Labute approximate surface area is 192 Å². The fourth-order valence-electron chi connectivity index (χ4n) is 3.64. The zero-order valence-corrected chi connectivity index (χ0v) is 19.0. The standard InChI is InChI=1S/C22H25ClN2O6S/c23-19-8-7-16(14-21(19)32(27,28)25-9-12-29-13-10-25)24-22(26)18-5-1-2-6-20(18)31-15-17-4-3-11-30-17/h1-2,5-8,14,17H,3-4,9-13,15H2,(H,24,26). The van der Waals surface area contributed by atoms with Gasteiger partial charge in [-0.2, -0.15) is 4.31 Å². The van der Waals surface area contributed by atoms with Crippen LogP contribution in [-0.4, -0.2) is 64.3 Å². The number of nitrogens with one attached hydrogen (secondary N) is 1. The van der Waals surface area contributed by atoms with Gasteiger partial charge in [-0.1, -0.05) is 23.7 Å². The lowest BCUT2D eigenvalue weighted by atomic mass is 10.1. The summed E-state index contributed by atoms with van der Waals surface area (Å²) in [5.74, 6) is 0.0283. The van der Waals surface area contributed by atoms with Crippen LogP contribution >= 0.6 is 11.6 Å². The Bertz CT molecular complexity index is 1070. The average Bonchev–Trinajstić information content (AvgIpc) is 3.33. The molecule has 1 atom stereocenters. The molecule has 1 unspecified atom stereocenters. The number of para-hydroxylation sites is 1. The van der Waals surface area contributed by atoms with Gasteiger partial charge in [-0.3, -0.25) is 4.79 Å². The highest BCUT2D eigenvalue weighted by molar-refractivity contribution is 7.89. The van der Waals surface area contributed by atoms with E-state index in [1.807, 2.05) is 0 Å². The van der Waals surface area contributed by atoms with Crippen LogP contribution < -0.4 is 10.1 Å². The average molecular weight is 481 g/mol. The van der Waals surface area contributed by atoms with Gasteiger partial charge in [0.1, 0.15) is 17.3 Å². The van der Waals surface area contributed by atoms with Crippen molar-refractivity contribution in [3.8, 4) is 5.75 Å².